The second-order valence-corrected chi connectivity index (χ2v) is 3.78. The molecular weight excluding hydrogens is 242 g/mol. The van der Waals surface area contributed by atoms with Gasteiger partial charge in [0.05, 0.1) is 11.1 Å². The van der Waals surface area contributed by atoms with Gasteiger partial charge in [-0.3, -0.25) is 10.1 Å². The Morgan fingerprint density at radius 1 is 1.29 bits per heavy atom. The first-order valence-corrected chi connectivity index (χ1v) is 5.33. The number of carbonyl (C=O) groups excluding carboxylic acids is 1. The number of nitrogens with zero attached hydrogens (tertiary/aromatic N) is 2. The SMILES string of the molecule is O=C(O)c1ccccc1C(=O)Nc1nn[c]s1. The number of carboxylic acid groups (broad SMARTS) is 1. The Bertz CT molecular complexity index is 554. The summed E-state index contributed by atoms with van der Waals surface area (Å²) in [6.45, 7) is 0. The van der Waals surface area contributed by atoms with E-state index in [1.54, 1.807) is 12.1 Å². The second-order valence-electron chi connectivity index (χ2n) is 3.00. The van der Waals surface area contributed by atoms with E-state index >= 15 is 0 Å². The molecule has 2 N–H and O–H groups in total. The quantitative estimate of drug-likeness (QED) is 0.853. The van der Waals surface area contributed by atoms with E-state index in [-0.39, 0.29) is 16.3 Å². The first-order chi connectivity index (χ1) is 8.18. The molecule has 0 saturated carbocycles. The molecule has 0 spiro atoms. The van der Waals surface area contributed by atoms with Crippen molar-refractivity contribution in [3.8, 4) is 0 Å². The minimum absolute atomic E-state index is 0.0569. The predicted octanol–water partition coefficient (Wildman–Crippen LogP) is 1.29. The summed E-state index contributed by atoms with van der Waals surface area (Å²) in [4.78, 5) is 22.7. The van der Waals surface area contributed by atoms with Crippen molar-refractivity contribution in [2.24, 2.45) is 0 Å². The van der Waals surface area contributed by atoms with Crippen molar-refractivity contribution in [1.29, 1.82) is 0 Å². The molecule has 0 aliphatic heterocycles. The molecule has 0 aliphatic rings. The third-order valence-corrected chi connectivity index (χ3v) is 2.50. The number of benzene rings is 1. The first-order valence-electron chi connectivity index (χ1n) is 4.51. The van der Waals surface area contributed by atoms with Crippen LogP contribution in [-0.2, 0) is 0 Å². The van der Waals surface area contributed by atoms with Crippen LogP contribution in [0.2, 0.25) is 0 Å². The Morgan fingerprint density at radius 2 is 2.00 bits per heavy atom. The highest BCUT2D eigenvalue weighted by molar-refractivity contribution is 7.13. The predicted molar refractivity (Wildman–Crippen MR) is 60.1 cm³/mol. The summed E-state index contributed by atoms with van der Waals surface area (Å²) in [5, 5.41) is 18.7. The Hall–Kier alpha value is -2.28. The number of nitrogens with one attached hydrogen (secondary N) is 1. The van der Waals surface area contributed by atoms with Crippen molar-refractivity contribution >= 4 is 28.3 Å². The van der Waals surface area contributed by atoms with Gasteiger partial charge in [-0.05, 0) is 12.1 Å². The number of aromatic nitrogens is 2. The molecule has 1 amide bonds. The largest absolute Gasteiger partial charge is 0.478 e. The van der Waals surface area contributed by atoms with E-state index in [1.807, 2.05) is 0 Å². The van der Waals surface area contributed by atoms with Crippen molar-refractivity contribution in [2.45, 2.75) is 0 Å². The minimum atomic E-state index is -1.15. The van der Waals surface area contributed by atoms with Crippen molar-refractivity contribution in [1.82, 2.24) is 10.2 Å². The maximum atomic E-state index is 11.8. The van der Waals surface area contributed by atoms with Gasteiger partial charge < -0.3 is 5.11 Å². The monoisotopic (exact) mass is 248 g/mol. The number of hydrogen-bond acceptors (Lipinski definition) is 5. The summed E-state index contributed by atoms with van der Waals surface area (Å²) < 4.78 is 0. The van der Waals surface area contributed by atoms with Gasteiger partial charge in [0, 0.05) is 0 Å². The molecule has 17 heavy (non-hydrogen) atoms. The molecule has 85 valence electrons. The first kappa shape index (κ1) is 11.2. The molecule has 1 aromatic carbocycles. The van der Waals surface area contributed by atoms with Gasteiger partial charge in [0.15, 0.2) is 5.51 Å². The van der Waals surface area contributed by atoms with E-state index in [4.69, 9.17) is 5.11 Å². The van der Waals surface area contributed by atoms with Crippen LogP contribution >= 0.6 is 11.3 Å². The number of carboxylic acids is 1. The van der Waals surface area contributed by atoms with E-state index in [1.165, 1.54) is 12.1 Å². The van der Waals surface area contributed by atoms with Gasteiger partial charge in [0.2, 0.25) is 5.13 Å². The van der Waals surface area contributed by atoms with Gasteiger partial charge in [-0.15, -0.1) is 10.2 Å². The Kier molecular flexibility index (Phi) is 3.10. The van der Waals surface area contributed by atoms with E-state index < -0.39 is 11.9 Å². The molecule has 0 aliphatic carbocycles. The van der Waals surface area contributed by atoms with Crippen LogP contribution in [0.3, 0.4) is 0 Å². The summed E-state index contributed by atoms with van der Waals surface area (Å²) in [6, 6.07) is 5.94. The Balaban J connectivity index is 2.28. The average Bonchev–Trinajstić information content (AvgIpc) is 2.81. The lowest BCUT2D eigenvalue weighted by molar-refractivity contribution is 0.0692. The van der Waals surface area contributed by atoms with Crippen LogP contribution in [0, 0.1) is 5.51 Å². The van der Waals surface area contributed by atoms with Gasteiger partial charge >= 0.3 is 5.97 Å². The zero-order valence-corrected chi connectivity index (χ0v) is 9.19. The molecule has 0 bridgehead atoms. The number of carbonyl (C=O) groups is 2. The molecule has 1 radical (unpaired) electrons. The molecule has 1 aromatic heterocycles. The van der Waals surface area contributed by atoms with Gasteiger partial charge in [0.25, 0.3) is 5.91 Å². The molecule has 2 rings (SSSR count). The topological polar surface area (TPSA) is 92.2 Å². The highest BCUT2D eigenvalue weighted by atomic mass is 32.1. The van der Waals surface area contributed by atoms with E-state index in [0.717, 1.165) is 11.3 Å². The lowest BCUT2D eigenvalue weighted by Crippen LogP contribution is -2.16. The normalized spacial score (nSPS) is 9.88. The zero-order chi connectivity index (χ0) is 12.3. The van der Waals surface area contributed by atoms with Crippen LogP contribution in [0.4, 0.5) is 5.13 Å². The standard InChI is InChI=1S/C10H6N3O3S/c14-8(12-10-13-11-5-17-10)6-3-1-2-4-7(6)9(15)16/h1-4H,(H,15,16)(H,12,13,14). The van der Waals surface area contributed by atoms with Crippen LogP contribution < -0.4 is 5.32 Å². The molecule has 1 heterocycles. The second kappa shape index (κ2) is 4.71. The zero-order valence-electron chi connectivity index (χ0n) is 8.38. The summed E-state index contributed by atoms with van der Waals surface area (Å²) in [5.74, 6) is -1.69. The van der Waals surface area contributed by atoms with Gasteiger partial charge in [-0.1, -0.05) is 23.5 Å². The lowest BCUT2D eigenvalue weighted by Gasteiger charge is -2.04. The van der Waals surface area contributed by atoms with Crippen LogP contribution in [0.5, 0.6) is 0 Å². The van der Waals surface area contributed by atoms with Crippen molar-refractivity contribution < 1.29 is 14.7 Å². The highest BCUT2D eigenvalue weighted by Crippen LogP contribution is 2.13. The van der Waals surface area contributed by atoms with Crippen molar-refractivity contribution in [2.75, 3.05) is 5.32 Å². The summed E-state index contributed by atoms with van der Waals surface area (Å²) >= 11 is 1.03. The number of rotatable bonds is 3. The Morgan fingerprint density at radius 3 is 2.59 bits per heavy atom. The smallest absolute Gasteiger partial charge is 0.336 e. The number of aromatic carboxylic acids is 1. The van der Waals surface area contributed by atoms with Gasteiger partial charge in [0.1, 0.15) is 0 Å². The van der Waals surface area contributed by atoms with Crippen molar-refractivity contribution in [3.05, 3.63) is 40.9 Å². The van der Waals surface area contributed by atoms with Crippen LogP contribution in [0.1, 0.15) is 20.7 Å². The number of anilines is 1. The third kappa shape index (κ3) is 2.45. The molecule has 7 heteroatoms. The van der Waals surface area contributed by atoms with Crippen LogP contribution in [-0.4, -0.2) is 27.2 Å². The van der Waals surface area contributed by atoms with Gasteiger partial charge in [-0.25, -0.2) is 4.79 Å². The van der Waals surface area contributed by atoms with Gasteiger partial charge in [-0.2, -0.15) is 0 Å². The lowest BCUT2D eigenvalue weighted by atomic mass is 10.1. The molecule has 6 nitrogen and oxygen atoms in total. The molecule has 0 atom stereocenters. The molecule has 0 unspecified atom stereocenters. The molecule has 0 saturated heterocycles. The minimum Gasteiger partial charge on any atom is -0.478 e. The third-order valence-electron chi connectivity index (χ3n) is 1.95. The summed E-state index contributed by atoms with van der Waals surface area (Å²) in [5.41, 5.74) is 2.50. The molecule has 2 aromatic rings. The van der Waals surface area contributed by atoms with E-state index in [9.17, 15) is 9.59 Å². The van der Waals surface area contributed by atoms with Crippen molar-refractivity contribution in [3.63, 3.8) is 0 Å². The fourth-order valence-corrected chi connectivity index (χ4v) is 1.63. The Labute approximate surface area is 99.9 Å². The van der Waals surface area contributed by atoms with E-state index in [2.05, 4.69) is 21.0 Å². The molecule has 0 fully saturated rings. The fourth-order valence-electron chi connectivity index (χ4n) is 1.23. The highest BCUT2D eigenvalue weighted by Gasteiger charge is 2.16. The molecular formula is C10H6N3O3S. The maximum absolute atomic E-state index is 11.8. The number of amides is 1. The number of hydrogen-bond donors (Lipinski definition) is 2. The fraction of sp³-hybridized carbons (Fsp3) is 0. The van der Waals surface area contributed by atoms with Crippen LogP contribution in [0.25, 0.3) is 0 Å². The summed E-state index contributed by atoms with van der Waals surface area (Å²) in [7, 11) is 0. The summed E-state index contributed by atoms with van der Waals surface area (Å²) in [6.07, 6.45) is 0. The van der Waals surface area contributed by atoms with Crippen LogP contribution in [0.15, 0.2) is 24.3 Å². The van der Waals surface area contributed by atoms with E-state index in [0.29, 0.717) is 0 Å². The average molecular weight is 248 g/mol. The maximum Gasteiger partial charge on any atom is 0.336 e.